The first-order valence-corrected chi connectivity index (χ1v) is 10.3. The maximum Gasteiger partial charge on any atom is 0.433 e. The SMILES string of the molecule is Cn1nnnc1NC(=O)c1ccc(C(F)(F)F)nc1COCC1(C)CN(c2ccccc2)C(=O)O1. The van der Waals surface area contributed by atoms with Crippen molar-refractivity contribution in [3.8, 4) is 0 Å². The van der Waals surface area contributed by atoms with Crippen LogP contribution >= 0.6 is 0 Å². The van der Waals surface area contributed by atoms with E-state index in [9.17, 15) is 22.8 Å². The van der Waals surface area contributed by atoms with E-state index in [1.807, 2.05) is 6.07 Å². The number of carbonyl (C=O) groups is 2. The molecule has 0 spiro atoms. The molecule has 4 rings (SSSR count). The molecule has 1 unspecified atom stereocenters. The van der Waals surface area contributed by atoms with Gasteiger partial charge in [-0.15, -0.1) is 0 Å². The van der Waals surface area contributed by atoms with Crippen LogP contribution in [0.2, 0.25) is 0 Å². The van der Waals surface area contributed by atoms with Crippen LogP contribution in [-0.2, 0) is 29.3 Å². The van der Waals surface area contributed by atoms with E-state index < -0.39 is 36.1 Å². The van der Waals surface area contributed by atoms with Crippen molar-refractivity contribution < 1.29 is 32.2 Å². The molecule has 1 aliphatic heterocycles. The van der Waals surface area contributed by atoms with Crippen LogP contribution in [0.15, 0.2) is 42.5 Å². The number of nitrogens with zero attached hydrogens (tertiary/aromatic N) is 6. The van der Waals surface area contributed by atoms with Crippen LogP contribution in [0.1, 0.15) is 28.7 Å². The number of alkyl halides is 3. The lowest BCUT2D eigenvalue weighted by Crippen LogP contribution is -2.36. The Morgan fingerprint density at radius 3 is 2.63 bits per heavy atom. The fourth-order valence-corrected chi connectivity index (χ4v) is 3.42. The first-order valence-electron chi connectivity index (χ1n) is 10.3. The highest BCUT2D eigenvalue weighted by atomic mass is 19.4. The lowest BCUT2D eigenvalue weighted by Gasteiger charge is -2.22. The number of carbonyl (C=O) groups excluding carboxylic acids is 2. The number of nitrogens with one attached hydrogen (secondary N) is 1. The van der Waals surface area contributed by atoms with Crippen LogP contribution in [0.4, 0.5) is 29.6 Å². The Hall–Kier alpha value is -4.07. The van der Waals surface area contributed by atoms with Crippen molar-refractivity contribution in [3.05, 3.63) is 59.4 Å². The molecule has 3 heterocycles. The molecule has 1 aliphatic rings. The lowest BCUT2D eigenvalue weighted by atomic mass is 10.1. The minimum atomic E-state index is -4.72. The average Bonchev–Trinajstić information content (AvgIpc) is 3.35. The molecule has 0 aliphatic carbocycles. The van der Waals surface area contributed by atoms with Gasteiger partial charge in [-0.3, -0.25) is 15.0 Å². The molecule has 2 amide bonds. The third-order valence-corrected chi connectivity index (χ3v) is 5.12. The molecule has 1 atom stereocenters. The minimum Gasteiger partial charge on any atom is -0.438 e. The molecule has 2 aromatic heterocycles. The Bertz CT molecular complexity index is 1240. The second kappa shape index (κ2) is 9.29. The summed E-state index contributed by atoms with van der Waals surface area (Å²) in [4.78, 5) is 30.1. The number of ether oxygens (including phenoxy) is 2. The Morgan fingerprint density at radius 2 is 1.97 bits per heavy atom. The van der Waals surface area contributed by atoms with Gasteiger partial charge in [-0.1, -0.05) is 23.3 Å². The van der Waals surface area contributed by atoms with Gasteiger partial charge >= 0.3 is 12.3 Å². The number of para-hydroxylation sites is 1. The van der Waals surface area contributed by atoms with Crippen molar-refractivity contribution in [2.75, 3.05) is 23.4 Å². The van der Waals surface area contributed by atoms with Gasteiger partial charge in [-0.2, -0.15) is 13.2 Å². The third kappa shape index (κ3) is 5.37. The summed E-state index contributed by atoms with van der Waals surface area (Å²) >= 11 is 0. The van der Waals surface area contributed by atoms with Gasteiger partial charge in [0.2, 0.25) is 5.95 Å². The topological polar surface area (TPSA) is 124 Å². The molecular weight excluding hydrogens is 471 g/mol. The van der Waals surface area contributed by atoms with Gasteiger partial charge in [-0.05, 0) is 41.6 Å². The fourth-order valence-electron chi connectivity index (χ4n) is 3.42. The Balaban J connectivity index is 1.49. The van der Waals surface area contributed by atoms with Gasteiger partial charge in [0.25, 0.3) is 5.91 Å². The molecule has 1 N–H and O–H groups in total. The highest BCUT2D eigenvalue weighted by Gasteiger charge is 2.42. The highest BCUT2D eigenvalue weighted by molar-refractivity contribution is 6.04. The molecule has 1 fully saturated rings. The number of halogens is 3. The van der Waals surface area contributed by atoms with E-state index in [0.717, 1.165) is 6.07 Å². The monoisotopic (exact) mass is 491 g/mol. The third-order valence-electron chi connectivity index (χ3n) is 5.12. The molecule has 1 aromatic carbocycles. The number of aryl methyl sites for hydroxylation is 1. The van der Waals surface area contributed by atoms with Crippen molar-refractivity contribution in [1.29, 1.82) is 0 Å². The molecule has 3 aromatic rings. The van der Waals surface area contributed by atoms with Crippen LogP contribution in [0.25, 0.3) is 0 Å². The summed E-state index contributed by atoms with van der Waals surface area (Å²) < 4.78 is 51.9. The number of aromatic nitrogens is 5. The second-order valence-corrected chi connectivity index (χ2v) is 8.00. The van der Waals surface area contributed by atoms with Crippen LogP contribution in [0.5, 0.6) is 0 Å². The summed E-state index contributed by atoms with van der Waals surface area (Å²) in [5, 5.41) is 13.0. The van der Waals surface area contributed by atoms with Crippen LogP contribution in [0.3, 0.4) is 0 Å². The molecule has 0 saturated carbocycles. The number of amides is 2. The van der Waals surface area contributed by atoms with Crippen LogP contribution in [-0.4, -0.2) is 55.9 Å². The normalized spacial score (nSPS) is 18.0. The zero-order chi connectivity index (χ0) is 25.2. The predicted octanol–water partition coefficient (Wildman–Crippen LogP) is 2.81. The molecular formula is C21H20F3N7O4. The number of pyridine rings is 1. The molecule has 0 radical (unpaired) electrons. The van der Waals surface area contributed by atoms with Gasteiger partial charge in [0.05, 0.1) is 31.0 Å². The maximum atomic E-state index is 13.2. The van der Waals surface area contributed by atoms with Crippen molar-refractivity contribution >= 4 is 23.6 Å². The molecule has 11 nitrogen and oxygen atoms in total. The highest BCUT2D eigenvalue weighted by Crippen LogP contribution is 2.30. The first-order chi connectivity index (χ1) is 16.6. The van der Waals surface area contributed by atoms with E-state index in [1.165, 1.54) is 16.6 Å². The van der Waals surface area contributed by atoms with E-state index in [0.29, 0.717) is 11.8 Å². The summed E-state index contributed by atoms with van der Waals surface area (Å²) in [6, 6.07) is 10.6. The largest absolute Gasteiger partial charge is 0.438 e. The quantitative estimate of drug-likeness (QED) is 0.535. The van der Waals surface area contributed by atoms with E-state index in [-0.39, 0.29) is 30.4 Å². The Morgan fingerprint density at radius 1 is 1.23 bits per heavy atom. The van der Waals surface area contributed by atoms with Crippen LogP contribution in [0, 0.1) is 0 Å². The maximum absolute atomic E-state index is 13.2. The van der Waals surface area contributed by atoms with E-state index in [1.54, 1.807) is 31.2 Å². The van der Waals surface area contributed by atoms with E-state index in [4.69, 9.17) is 9.47 Å². The average molecular weight is 491 g/mol. The number of hydrogen-bond acceptors (Lipinski definition) is 8. The summed E-state index contributed by atoms with van der Waals surface area (Å²) in [7, 11) is 1.48. The molecule has 184 valence electrons. The summed E-state index contributed by atoms with van der Waals surface area (Å²) in [6.07, 6.45) is -5.29. The van der Waals surface area contributed by atoms with E-state index in [2.05, 4.69) is 25.8 Å². The van der Waals surface area contributed by atoms with Gasteiger partial charge in [0.15, 0.2) is 5.60 Å². The number of cyclic esters (lactones) is 1. The Labute approximate surface area is 196 Å². The number of anilines is 2. The standard InChI is InChI=1S/C21H20F3N7O4/c1-20(11-31(19(33)35-20)13-6-4-3-5-7-13)12-34-10-15-14(8-9-16(25-15)21(22,23)24)17(32)26-18-27-28-29-30(18)2/h3-9H,10-12H2,1-2H3,(H,26,27,29,32). The summed E-state index contributed by atoms with van der Waals surface area (Å²) in [5.41, 5.74) is -2.01. The van der Waals surface area contributed by atoms with Crippen molar-refractivity contribution in [2.45, 2.75) is 25.3 Å². The lowest BCUT2D eigenvalue weighted by molar-refractivity contribution is -0.141. The molecule has 0 bridgehead atoms. The zero-order valence-corrected chi connectivity index (χ0v) is 18.6. The van der Waals surface area contributed by atoms with Gasteiger partial charge in [0.1, 0.15) is 5.69 Å². The predicted molar refractivity (Wildman–Crippen MR) is 114 cm³/mol. The zero-order valence-electron chi connectivity index (χ0n) is 18.6. The van der Waals surface area contributed by atoms with E-state index >= 15 is 0 Å². The second-order valence-electron chi connectivity index (χ2n) is 8.00. The number of tetrazole rings is 1. The van der Waals surface area contributed by atoms with Gasteiger partial charge < -0.3 is 9.47 Å². The Kier molecular flexibility index (Phi) is 6.39. The number of benzene rings is 1. The summed E-state index contributed by atoms with van der Waals surface area (Å²) in [6.45, 7) is 1.22. The van der Waals surface area contributed by atoms with Crippen molar-refractivity contribution in [2.24, 2.45) is 7.05 Å². The number of rotatable bonds is 7. The first kappa shape index (κ1) is 24.1. The van der Waals surface area contributed by atoms with Gasteiger partial charge in [-0.25, -0.2) is 14.5 Å². The summed E-state index contributed by atoms with van der Waals surface area (Å²) in [5.74, 6) is -0.773. The van der Waals surface area contributed by atoms with Crippen molar-refractivity contribution in [3.63, 3.8) is 0 Å². The minimum absolute atomic E-state index is 0.00634. The molecule has 14 heteroatoms. The van der Waals surface area contributed by atoms with Crippen molar-refractivity contribution in [1.82, 2.24) is 25.2 Å². The molecule has 35 heavy (non-hydrogen) atoms. The molecule has 1 saturated heterocycles. The smallest absolute Gasteiger partial charge is 0.433 e. The van der Waals surface area contributed by atoms with Gasteiger partial charge in [0, 0.05) is 12.7 Å². The fraction of sp³-hybridized carbons (Fsp3) is 0.333. The van der Waals surface area contributed by atoms with Crippen LogP contribution < -0.4 is 10.2 Å². The number of hydrogen-bond donors (Lipinski definition) is 1.